The molecular formula is C12H20N2S. The van der Waals surface area contributed by atoms with Gasteiger partial charge in [-0.1, -0.05) is 26.2 Å². The summed E-state index contributed by atoms with van der Waals surface area (Å²) >= 11 is 1.81. The molecule has 1 saturated carbocycles. The maximum absolute atomic E-state index is 4.52. The van der Waals surface area contributed by atoms with Crippen LogP contribution in [0.5, 0.6) is 0 Å². The summed E-state index contributed by atoms with van der Waals surface area (Å²) in [5, 5.41) is 7.13. The molecule has 1 aliphatic carbocycles. The lowest BCUT2D eigenvalue weighted by molar-refractivity contribution is 0.233. The topological polar surface area (TPSA) is 24.9 Å². The minimum atomic E-state index is 0.211. The molecule has 0 spiro atoms. The highest BCUT2D eigenvalue weighted by Gasteiger charge is 2.35. The fourth-order valence-corrected chi connectivity index (χ4v) is 3.32. The first-order valence-corrected chi connectivity index (χ1v) is 6.90. The molecule has 15 heavy (non-hydrogen) atoms. The first-order chi connectivity index (χ1) is 7.37. The van der Waals surface area contributed by atoms with Gasteiger partial charge in [0.2, 0.25) is 0 Å². The summed E-state index contributed by atoms with van der Waals surface area (Å²) in [6.45, 7) is 3.34. The molecular weight excluding hydrogens is 204 g/mol. The van der Waals surface area contributed by atoms with Crippen LogP contribution in [-0.2, 0) is 5.54 Å². The van der Waals surface area contributed by atoms with Crippen LogP contribution in [0.3, 0.4) is 0 Å². The number of hydrogen-bond acceptors (Lipinski definition) is 3. The van der Waals surface area contributed by atoms with Crippen molar-refractivity contribution in [1.82, 2.24) is 10.3 Å². The Kier molecular flexibility index (Phi) is 3.76. The van der Waals surface area contributed by atoms with Crippen molar-refractivity contribution in [3.05, 3.63) is 16.6 Å². The molecule has 84 valence electrons. The Bertz CT molecular complexity index is 276. The summed E-state index contributed by atoms with van der Waals surface area (Å²) in [5.41, 5.74) is 0.211. The second-order valence-corrected chi connectivity index (χ2v) is 5.30. The molecule has 0 saturated heterocycles. The Labute approximate surface area is 96.1 Å². The minimum absolute atomic E-state index is 0.211. The van der Waals surface area contributed by atoms with Gasteiger partial charge in [-0.25, -0.2) is 4.98 Å². The van der Waals surface area contributed by atoms with Crippen molar-refractivity contribution in [3.8, 4) is 0 Å². The quantitative estimate of drug-likeness (QED) is 0.849. The SMILES string of the molecule is CCCNC1(c2nccs2)CCCCC1. The lowest BCUT2D eigenvalue weighted by atomic mass is 9.82. The number of hydrogen-bond donors (Lipinski definition) is 1. The molecule has 3 heteroatoms. The Hall–Kier alpha value is -0.410. The van der Waals surface area contributed by atoms with Gasteiger partial charge in [0.1, 0.15) is 5.01 Å². The van der Waals surface area contributed by atoms with Crippen LogP contribution in [-0.4, -0.2) is 11.5 Å². The van der Waals surface area contributed by atoms with Crippen LogP contribution in [0.25, 0.3) is 0 Å². The maximum atomic E-state index is 4.52. The largest absolute Gasteiger partial charge is 0.305 e. The fourth-order valence-electron chi connectivity index (χ4n) is 2.45. The van der Waals surface area contributed by atoms with Crippen molar-refractivity contribution in [3.63, 3.8) is 0 Å². The van der Waals surface area contributed by atoms with E-state index in [1.165, 1.54) is 43.5 Å². The lowest BCUT2D eigenvalue weighted by Gasteiger charge is -2.36. The average Bonchev–Trinajstić information content (AvgIpc) is 2.82. The van der Waals surface area contributed by atoms with Gasteiger partial charge in [0.05, 0.1) is 5.54 Å². The molecule has 0 atom stereocenters. The van der Waals surface area contributed by atoms with E-state index in [0.29, 0.717) is 0 Å². The van der Waals surface area contributed by atoms with Gasteiger partial charge in [0.15, 0.2) is 0 Å². The van der Waals surface area contributed by atoms with Crippen LogP contribution in [0, 0.1) is 0 Å². The smallest absolute Gasteiger partial charge is 0.113 e. The molecule has 0 aromatic carbocycles. The lowest BCUT2D eigenvalue weighted by Crippen LogP contribution is -2.44. The monoisotopic (exact) mass is 224 g/mol. The van der Waals surface area contributed by atoms with Crippen LogP contribution in [0.2, 0.25) is 0 Å². The summed E-state index contributed by atoms with van der Waals surface area (Å²) in [5.74, 6) is 0. The molecule has 0 bridgehead atoms. The maximum Gasteiger partial charge on any atom is 0.113 e. The van der Waals surface area contributed by atoms with Gasteiger partial charge in [-0.3, -0.25) is 0 Å². The predicted molar refractivity (Wildman–Crippen MR) is 65.2 cm³/mol. The average molecular weight is 224 g/mol. The summed E-state index contributed by atoms with van der Waals surface area (Å²) in [4.78, 5) is 4.52. The van der Waals surface area contributed by atoms with Gasteiger partial charge >= 0.3 is 0 Å². The molecule has 1 N–H and O–H groups in total. The number of aromatic nitrogens is 1. The van der Waals surface area contributed by atoms with Crippen LogP contribution >= 0.6 is 11.3 Å². The van der Waals surface area contributed by atoms with E-state index < -0.39 is 0 Å². The van der Waals surface area contributed by atoms with Gasteiger partial charge in [-0.15, -0.1) is 11.3 Å². The second-order valence-electron chi connectivity index (χ2n) is 4.41. The molecule has 1 aromatic heterocycles. The van der Waals surface area contributed by atoms with Crippen molar-refractivity contribution in [2.45, 2.75) is 51.0 Å². The number of rotatable bonds is 4. The summed E-state index contributed by atoms with van der Waals surface area (Å²) in [6.07, 6.45) is 9.74. The van der Waals surface area contributed by atoms with Crippen molar-refractivity contribution in [2.75, 3.05) is 6.54 Å². The zero-order valence-corrected chi connectivity index (χ0v) is 10.3. The van der Waals surface area contributed by atoms with Crippen LogP contribution in [0.4, 0.5) is 0 Å². The number of thiazole rings is 1. The third kappa shape index (κ3) is 2.40. The molecule has 0 aliphatic heterocycles. The third-order valence-corrected chi connectivity index (χ3v) is 4.24. The van der Waals surface area contributed by atoms with Crippen molar-refractivity contribution >= 4 is 11.3 Å². The van der Waals surface area contributed by atoms with Crippen LogP contribution in [0.15, 0.2) is 11.6 Å². The normalized spacial score (nSPS) is 20.3. The highest BCUT2D eigenvalue weighted by atomic mass is 32.1. The molecule has 0 radical (unpaired) electrons. The predicted octanol–water partition coefficient (Wildman–Crippen LogP) is 3.30. The zero-order valence-electron chi connectivity index (χ0n) is 9.46. The Morgan fingerprint density at radius 1 is 1.40 bits per heavy atom. The van der Waals surface area contributed by atoms with Crippen LogP contribution < -0.4 is 5.32 Å². The van der Waals surface area contributed by atoms with Crippen molar-refractivity contribution < 1.29 is 0 Å². The van der Waals surface area contributed by atoms with E-state index in [1.807, 2.05) is 6.20 Å². The molecule has 1 heterocycles. The summed E-state index contributed by atoms with van der Waals surface area (Å²) in [7, 11) is 0. The van der Waals surface area contributed by atoms with Gasteiger partial charge in [0.25, 0.3) is 0 Å². The molecule has 1 aromatic rings. The highest BCUT2D eigenvalue weighted by Crippen LogP contribution is 2.37. The minimum Gasteiger partial charge on any atom is -0.305 e. The van der Waals surface area contributed by atoms with Crippen molar-refractivity contribution in [2.24, 2.45) is 0 Å². The molecule has 1 aliphatic rings. The Morgan fingerprint density at radius 3 is 2.80 bits per heavy atom. The Balaban J connectivity index is 2.14. The summed E-state index contributed by atoms with van der Waals surface area (Å²) in [6, 6.07) is 0. The molecule has 0 unspecified atom stereocenters. The highest BCUT2D eigenvalue weighted by molar-refractivity contribution is 7.09. The Morgan fingerprint density at radius 2 is 2.20 bits per heavy atom. The third-order valence-electron chi connectivity index (χ3n) is 3.26. The molecule has 2 nitrogen and oxygen atoms in total. The van der Waals surface area contributed by atoms with E-state index >= 15 is 0 Å². The first-order valence-electron chi connectivity index (χ1n) is 6.02. The van der Waals surface area contributed by atoms with Crippen molar-refractivity contribution in [1.29, 1.82) is 0 Å². The fraction of sp³-hybridized carbons (Fsp3) is 0.750. The van der Waals surface area contributed by atoms with E-state index in [2.05, 4.69) is 22.6 Å². The van der Waals surface area contributed by atoms with E-state index in [9.17, 15) is 0 Å². The van der Waals surface area contributed by atoms with Crippen LogP contribution in [0.1, 0.15) is 50.5 Å². The molecule has 0 amide bonds. The van der Waals surface area contributed by atoms with Gasteiger partial charge < -0.3 is 5.32 Å². The molecule has 1 fully saturated rings. The van der Waals surface area contributed by atoms with E-state index in [-0.39, 0.29) is 5.54 Å². The van der Waals surface area contributed by atoms with Gasteiger partial charge in [0, 0.05) is 11.6 Å². The second kappa shape index (κ2) is 5.08. The van der Waals surface area contributed by atoms with Gasteiger partial charge in [-0.05, 0) is 25.8 Å². The van der Waals surface area contributed by atoms with Gasteiger partial charge in [-0.2, -0.15) is 0 Å². The molecule has 2 rings (SSSR count). The number of nitrogens with one attached hydrogen (secondary N) is 1. The first kappa shape index (κ1) is 11.1. The van der Waals surface area contributed by atoms with E-state index in [4.69, 9.17) is 0 Å². The zero-order chi connectivity index (χ0) is 10.6. The van der Waals surface area contributed by atoms with E-state index in [0.717, 1.165) is 6.54 Å². The number of nitrogens with zero attached hydrogens (tertiary/aromatic N) is 1. The standard InChI is InChI=1S/C12H20N2S/c1-2-8-14-12(6-4-3-5-7-12)11-13-9-10-15-11/h9-10,14H,2-8H2,1H3. The summed E-state index contributed by atoms with van der Waals surface area (Å²) < 4.78 is 0. The van der Waals surface area contributed by atoms with E-state index in [1.54, 1.807) is 11.3 Å².